The predicted molar refractivity (Wildman–Crippen MR) is 84.6 cm³/mol. The van der Waals surface area contributed by atoms with Crippen molar-refractivity contribution in [1.29, 1.82) is 0 Å². The third-order valence-corrected chi connectivity index (χ3v) is 4.89. The number of amides is 1. The molecule has 2 atom stereocenters. The van der Waals surface area contributed by atoms with Crippen LogP contribution < -0.4 is 0 Å². The molecule has 1 saturated heterocycles. The molecule has 3 rings (SSSR count). The summed E-state index contributed by atoms with van der Waals surface area (Å²) in [5.74, 6) is -0.0423. The van der Waals surface area contributed by atoms with Crippen LogP contribution in [0.2, 0.25) is 5.15 Å². The lowest BCUT2D eigenvalue weighted by Gasteiger charge is -2.33. The van der Waals surface area contributed by atoms with E-state index in [1.54, 1.807) is 12.3 Å². The van der Waals surface area contributed by atoms with E-state index in [9.17, 15) is 4.79 Å². The first-order valence-corrected chi connectivity index (χ1v) is 8.50. The van der Waals surface area contributed by atoms with Crippen molar-refractivity contribution in [3.63, 3.8) is 0 Å². The molecule has 2 heterocycles. The van der Waals surface area contributed by atoms with Gasteiger partial charge in [-0.2, -0.15) is 0 Å². The molecule has 2 fully saturated rings. The molecule has 1 aromatic rings. The molecule has 0 radical (unpaired) electrons. The van der Waals surface area contributed by atoms with Gasteiger partial charge in [-0.25, -0.2) is 4.98 Å². The first-order valence-electron chi connectivity index (χ1n) is 7.33. The minimum atomic E-state index is -0.0423. The third-order valence-electron chi connectivity index (χ3n) is 4.15. The molecule has 0 aromatic carbocycles. The molecule has 1 saturated carbocycles. The fourth-order valence-electron chi connectivity index (χ4n) is 2.91. The molecule has 4 nitrogen and oxygen atoms in total. The fourth-order valence-corrected chi connectivity index (χ4v) is 3.43. The zero-order valence-electron chi connectivity index (χ0n) is 11.9. The van der Waals surface area contributed by atoms with E-state index >= 15 is 0 Å². The van der Waals surface area contributed by atoms with E-state index < -0.39 is 0 Å². The highest BCUT2D eigenvalue weighted by atomic mass is 79.9. The molecule has 0 N–H and O–H groups in total. The summed E-state index contributed by atoms with van der Waals surface area (Å²) in [5, 5.41) is 0.258. The van der Waals surface area contributed by atoms with Crippen LogP contribution in [0.25, 0.3) is 0 Å². The maximum absolute atomic E-state index is 12.9. The average Bonchev–Trinajstić information content (AvgIpc) is 3.14. The number of hydrogen-bond donors (Lipinski definition) is 0. The van der Waals surface area contributed by atoms with Crippen LogP contribution in [-0.4, -0.2) is 40.6 Å². The van der Waals surface area contributed by atoms with Crippen molar-refractivity contribution in [1.82, 2.24) is 9.88 Å². The van der Waals surface area contributed by atoms with E-state index in [1.165, 1.54) is 0 Å². The summed E-state index contributed by atoms with van der Waals surface area (Å²) in [6.07, 6.45) is 5.94. The first-order chi connectivity index (χ1) is 10.1. The Kier molecular flexibility index (Phi) is 4.52. The molecule has 1 amide bonds. The van der Waals surface area contributed by atoms with Crippen molar-refractivity contribution in [2.45, 2.75) is 50.8 Å². The molecular formula is C15H18BrClN2O2. The molecular weight excluding hydrogens is 356 g/mol. The van der Waals surface area contributed by atoms with Crippen molar-refractivity contribution >= 4 is 33.4 Å². The molecule has 2 unspecified atom stereocenters. The van der Waals surface area contributed by atoms with E-state index in [-0.39, 0.29) is 23.2 Å². The normalized spacial score (nSPS) is 23.1. The predicted octanol–water partition coefficient (Wildman–Crippen LogP) is 3.67. The molecule has 1 aliphatic carbocycles. The third kappa shape index (κ3) is 3.25. The maximum Gasteiger partial charge on any atom is 0.257 e. The van der Waals surface area contributed by atoms with Gasteiger partial charge in [0.25, 0.3) is 5.91 Å². The standard InChI is InChI=1S/C15H18BrClN2O2/c1-9(13-3-2-6-21-13)19(11-4-5-11)15(20)12-7-10(16)8-18-14(12)17/h7-9,11,13H,2-6H2,1H3. The van der Waals surface area contributed by atoms with E-state index in [0.29, 0.717) is 11.6 Å². The van der Waals surface area contributed by atoms with Crippen LogP contribution in [0, 0.1) is 0 Å². The molecule has 6 heteroatoms. The Labute approximate surface area is 137 Å². The zero-order valence-corrected chi connectivity index (χ0v) is 14.2. The van der Waals surface area contributed by atoms with Gasteiger partial charge in [0.15, 0.2) is 0 Å². The summed E-state index contributed by atoms with van der Waals surface area (Å²) in [7, 11) is 0. The Bertz CT molecular complexity index is 544. The van der Waals surface area contributed by atoms with Gasteiger partial charge in [-0.15, -0.1) is 0 Å². The number of ether oxygens (including phenoxy) is 1. The Hall–Kier alpha value is -0.650. The highest BCUT2D eigenvalue weighted by molar-refractivity contribution is 9.10. The summed E-state index contributed by atoms with van der Waals surface area (Å²) in [5.41, 5.74) is 0.461. The van der Waals surface area contributed by atoms with Gasteiger partial charge in [-0.1, -0.05) is 11.6 Å². The zero-order chi connectivity index (χ0) is 15.0. The molecule has 0 bridgehead atoms. The van der Waals surface area contributed by atoms with Gasteiger partial charge in [0.1, 0.15) is 5.15 Å². The van der Waals surface area contributed by atoms with Crippen LogP contribution in [0.1, 0.15) is 43.0 Å². The van der Waals surface area contributed by atoms with Crippen LogP contribution in [0.3, 0.4) is 0 Å². The molecule has 2 aliphatic rings. The van der Waals surface area contributed by atoms with Gasteiger partial charge in [-0.3, -0.25) is 4.79 Å². The highest BCUT2D eigenvalue weighted by Crippen LogP contribution is 2.34. The van der Waals surface area contributed by atoms with Crippen molar-refractivity contribution in [2.24, 2.45) is 0 Å². The lowest BCUT2D eigenvalue weighted by atomic mass is 10.1. The molecule has 1 aromatic heterocycles. The molecule has 1 aliphatic heterocycles. The molecule has 114 valence electrons. The number of carbonyl (C=O) groups is 1. The Balaban J connectivity index is 1.86. The van der Waals surface area contributed by atoms with E-state index in [0.717, 1.165) is 36.8 Å². The second-order valence-corrected chi connectivity index (χ2v) is 7.00. The van der Waals surface area contributed by atoms with E-state index in [4.69, 9.17) is 16.3 Å². The second kappa shape index (κ2) is 6.23. The maximum atomic E-state index is 12.9. The Morgan fingerprint density at radius 1 is 1.52 bits per heavy atom. The number of halogens is 2. The lowest BCUT2D eigenvalue weighted by molar-refractivity contribution is 0.0238. The second-order valence-electron chi connectivity index (χ2n) is 5.73. The van der Waals surface area contributed by atoms with Crippen LogP contribution in [0.4, 0.5) is 0 Å². The van der Waals surface area contributed by atoms with Crippen molar-refractivity contribution in [2.75, 3.05) is 6.61 Å². The van der Waals surface area contributed by atoms with Gasteiger partial charge in [0, 0.05) is 23.3 Å². The Morgan fingerprint density at radius 2 is 2.29 bits per heavy atom. The quantitative estimate of drug-likeness (QED) is 0.756. The van der Waals surface area contributed by atoms with E-state index in [2.05, 4.69) is 27.8 Å². The van der Waals surface area contributed by atoms with Gasteiger partial charge >= 0.3 is 0 Å². The summed E-state index contributed by atoms with van der Waals surface area (Å²) >= 11 is 9.47. The van der Waals surface area contributed by atoms with Crippen LogP contribution in [0.15, 0.2) is 16.7 Å². The van der Waals surface area contributed by atoms with Gasteiger partial charge in [0.05, 0.1) is 17.7 Å². The molecule has 0 spiro atoms. The SMILES string of the molecule is CC(C1CCCO1)N(C(=O)c1cc(Br)cnc1Cl)C1CC1. The summed E-state index contributed by atoms with van der Waals surface area (Å²) in [6.45, 7) is 2.87. The summed E-state index contributed by atoms with van der Waals surface area (Å²) in [6, 6.07) is 2.13. The minimum Gasteiger partial charge on any atom is -0.376 e. The lowest BCUT2D eigenvalue weighted by Crippen LogP contribution is -2.46. The van der Waals surface area contributed by atoms with Crippen LogP contribution in [0.5, 0.6) is 0 Å². The first kappa shape index (κ1) is 15.3. The van der Waals surface area contributed by atoms with E-state index in [1.807, 2.05) is 4.90 Å². The average molecular weight is 374 g/mol. The monoisotopic (exact) mass is 372 g/mol. The number of nitrogens with zero attached hydrogens (tertiary/aromatic N) is 2. The number of carbonyl (C=O) groups excluding carboxylic acids is 1. The number of rotatable bonds is 4. The molecule has 21 heavy (non-hydrogen) atoms. The van der Waals surface area contributed by atoms with Gasteiger partial charge in [0.2, 0.25) is 0 Å². The smallest absolute Gasteiger partial charge is 0.257 e. The topological polar surface area (TPSA) is 42.4 Å². The number of aromatic nitrogens is 1. The van der Waals surface area contributed by atoms with Gasteiger partial charge in [-0.05, 0) is 54.6 Å². The van der Waals surface area contributed by atoms with Crippen LogP contribution >= 0.6 is 27.5 Å². The minimum absolute atomic E-state index is 0.0423. The van der Waals surface area contributed by atoms with Crippen molar-refractivity contribution in [3.05, 3.63) is 27.5 Å². The Morgan fingerprint density at radius 3 is 2.90 bits per heavy atom. The number of hydrogen-bond acceptors (Lipinski definition) is 3. The van der Waals surface area contributed by atoms with Crippen molar-refractivity contribution < 1.29 is 9.53 Å². The highest BCUT2D eigenvalue weighted by Gasteiger charge is 2.40. The van der Waals surface area contributed by atoms with Gasteiger partial charge < -0.3 is 9.64 Å². The largest absolute Gasteiger partial charge is 0.376 e. The summed E-state index contributed by atoms with van der Waals surface area (Å²) in [4.78, 5) is 18.9. The summed E-state index contributed by atoms with van der Waals surface area (Å²) < 4.78 is 6.52. The van der Waals surface area contributed by atoms with Crippen LogP contribution in [-0.2, 0) is 4.74 Å². The fraction of sp³-hybridized carbons (Fsp3) is 0.600. The van der Waals surface area contributed by atoms with Crippen molar-refractivity contribution in [3.8, 4) is 0 Å². The number of pyridine rings is 1.